The molecule has 0 unspecified atom stereocenters. The van der Waals surface area contributed by atoms with Crippen LogP contribution >= 0.6 is 0 Å². The van der Waals surface area contributed by atoms with Crippen molar-refractivity contribution in [3.05, 3.63) is 72.3 Å². The molecule has 0 saturated heterocycles. The number of para-hydroxylation sites is 1. The maximum atomic E-state index is 12.1. The largest absolute Gasteiger partial charge is 0.507 e. The summed E-state index contributed by atoms with van der Waals surface area (Å²) in [5, 5.41) is 20.8. The minimum absolute atomic E-state index is 0.00305. The number of hydrogen-bond acceptors (Lipinski definition) is 9. The van der Waals surface area contributed by atoms with Crippen molar-refractivity contribution in [2.75, 3.05) is 13.4 Å². The second-order valence-electron chi connectivity index (χ2n) is 7.34. The highest BCUT2D eigenvalue weighted by molar-refractivity contribution is 7.90. The molecule has 0 atom stereocenters. The predicted molar refractivity (Wildman–Crippen MR) is 124 cm³/mol. The second kappa shape index (κ2) is 8.91. The summed E-state index contributed by atoms with van der Waals surface area (Å²) in [4.78, 5) is 25.0. The molecule has 0 aliphatic heterocycles. The first-order valence-electron chi connectivity index (χ1n) is 9.94. The monoisotopic (exact) mass is 477 g/mol. The van der Waals surface area contributed by atoms with Crippen LogP contribution in [-0.4, -0.2) is 52.9 Å². The lowest BCUT2D eigenvalue weighted by Crippen LogP contribution is -2.03. The fourth-order valence-electron chi connectivity index (χ4n) is 3.21. The Morgan fingerprint density at radius 1 is 0.794 bits per heavy atom. The molecule has 1 aromatic heterocycles. The number of esters is 1. The molecule has 10 heteroatoms. The molecule has 0 saturated carbocycles. The van der Waals surface area contributed by atoms with E-state index in [0.29, 0.717) is 16.7 Å². The molecule has 0 amide bonds. The number of methoxy groups -OCH3 is 1. The third-order valence-corrected chi connectivity index (χ3v) is 6.09. The minimum atomic E-state index is -3.56. The van der Waals surface area contributed by atoms with Crippen molar-refractivity contribution < 1.29 is 28.2 Å². The molecule has 34 heavy (non-hydrogen) atoms. The van der Waals surface area contributed by atoms with Gasteiger partial charge in [-0.3, -0.25) is 0 Å². The standard InChI is InChI=1S/C24H19N3O6S/c1-33-24(30)15-9-7-14(8-10-15)21-25-22(17-5-3-4-6-19(17)28)27-23(26-21)18-13-16(34(2,31)32)11-12-20(18)29/h3-13,28-29H,1-2H3. The van der Waals surface area contributed by atoms with Gasteiger partial charge in [0.05, 0.1) is 28.7 Å². The number of hydrogen-bond donors (Lipinski definition) is 2. The lowest BCUT2D eigenvalue weighted by molar-refractivity contribution is 0.0600. The SMILES string of the molecule is COC(=O)c1ccc(-c2nc(-c3ccccc3O)nc(-c3cc(S(C)(=O)=O)ccc3O)n2)cc1. The van der Waals surface area contributed by atoms with Gasteiger partial charge in [-0.15, -0.1) is 0 Å². The van der Waals surface area contributed by atoms with Crippen LogP contribution in [0.15, 0.2) is 71.6 Å². The summed E-state index contributed by atoms with van der Waals surface area (Å²) in [7, 11) is -2.28. The van der Waals surface area contributed by atoms with Crippen molar-refractivity contribution in [3.8, 4) is 45.7 Å². The summed E-state index contributed by atoms with van der Waals surface area (Å²) in [6, 6.07) is 16.6. The zero-order valence-electron chi connectivity index (χ0n) is 18.1. The Hall–Kier alpha value is -4.31. The van der Waals surface area contributed by atoms with Crippen molar-refractivity contribution in [1.82, 2.24) is 15.0 Å². The van der Waals surface area contributed by atoms with Gasteiger partial charge in [0.1, 0.15) is 11.5 Å². The van der Waals surface area contributed by atoms with Gasteiger partial charge in [0.15, 0.2) is 27.3 Å². The van der Waals surface area contributed by atoms with Gasteiger partial charge in [0, 0.05) is 11.8 Å². The highest BCUT2D eigenvalue weighted by Crippen LogP contribution is 2.33. The minimum Gasteiger partial charge on any atom is -0.507 e. The number of aromatic nitrogens is 3. The fourth-order valence-corrected chi connectivity index (χ4v) is 3.85. The van der Waals surface area contributed by atoms with E-state index in [9.17, 15) is 23.4 Å². The first-order valence-corrected chi connectivity index (χ1v) is 11.8. The van der Waals surface area contributed by atoms with E-state index in [4.69, 9.17) is 4.74 Å². The van der Waals surface area contributed by atoms with Crippen molar-refractivity contribution in [2.24, 2.45) is 0 Å². The third kappa shape index (κ3) is 4.57. The van der Waals surface area contributed by atoms with Crippen LogP contribution in [0.5, 0.6) is 11.5 Å². The third-order valence-electron chi connectivity index (χ3n) is 4.98. The van der Waals surface area contributed by atoms with Gasteiger partial charge in [0.2, 0.25) is 0 Å². The van der Waals surface area contributed by atoms with E-state index in [0.717, 1.165) is 6.26 Å². The molecule has 0 fully saturated rings. The number of ether oxygens (including phenoxy) is 1. The smallest absolute Gasteiger partial charge is 0.337 e. The lowest BCUT2D eigenvalue weighted by atomic mass is 10.1. The van der Waals surface area contributed by atoms with Crippen LogP contribution in [0, 0.1) is 0 Å². The molecule has 0 aliphatic carbocycles. The highest BCUT2D eigenvalue weighted by atomic mass is 32.2. The van der Waals surface area contributed by atoms with Crippen LogP contribution in [0.4, 0.5) is 0 Å². The van der Waals surface area contributed by atoms with E-state index < -0.39 is 15.8 Å². The molecular formula is C24H19N3O6S. The van der Waals surface area contributed by atoms with Gasteiger partial charge in [-0.1, -0.05) is 24.3 Å². The maximum absolute atomic E-state index is 12.1. The summed E-state index contributed by atoms with van der Waals surface area (Å²) in [6.07, 6.45) is 1.05. The zero-order chi connectivity index (χ0) is 24.5. The van der Waals surface area contributed by atoms with E-state index in [1.165, 1.54) is 31.4 Å². The average molecular weight is 477 g/mol. The molecule has 4 rings (SSSR count). The van der Waals surface area contributed by atoms with Gasteiger partial charge < -0.3 is 14.9 Å². The molecule has 1 heterocycles. The summed E-state index contributed by atoms with van der Waals surface area (Å²) >= 11 is 0. The maximum Gasteiger partial charge on any atom is 0.337 e. The van der Waals surface area contributed by atoms with Crippen molar-refractivity contribution in [1.29, 1.82) is 0 Å². The molecule has 0 aliphatic rings. The summed E-state index contributed by atoms with van der Waals surface area (Å²) in [5.74, 6) is -0.499. The number of benzene rings is 3. The van der Waals surface area contributed by atoms with E-state index in [-0.39, 0.29) is 39.4 Å². The number of aromatic hydroxyl groups is 2. The Bertz CT molecular complexity index is 1500. The Kier molecular flexibility index (Phi) is 5.99. The van der Waals surface area contributed by atoms with Crippen molar-refractivity contribution in [2.45, 2.75) is 4.90 Å². The van der Waals surface area contributed by atoms with Crippen LogP contribution in [0.3, 0.4) is 0 Å². The van der Waals surface area contributed by atoms with Crippen molar-refractivity contribution in [3.63, 3.8) is 0 Å². The normalized spacial score (nSPS) is 11.2. The average Bonchev–Trinajstić information content (AvgIpc) is 2.83. The number of rotatable bonds is 5. The Balaban J connectivity index is 1.94. The number of phenolic OH excluding ortho intramolecular Hbond substituents is 2. The van der Waals surface area contributed by atoms with E-state index in [1.54, 1.807) is 42.5 Å². The quantitative estimate of drug-likeness (QED) is 0.413. The zero-order valence-corrected chi connectivity index (χ0v) is 18.9. The van der Waals surface area contributed by atoms with E-state index >= 15 is 0 Å². The van der Waals surface area contributed by atoms with Gasteiger partial charge in [0.25, 0.3) is 0 Å². The summed E-state index contributed by atoms with van der Waals surface area (Å²) in [6.45, 7) is 0. The summed E-state index contributed by atoms with van der Waals surface area (Å²) in [5.41, 5.74) is 1.25. The highest BCUT2D eigenvalue weighted by Gasteiger charge is 2.19. The topological polar surface area (TPSA) is 140 Å². The van der Waals surface area contributed by atoms with Gasteiger partial charge in [-0.25, -0.2) is 28.2 Å². The molecular weight excluding hydrogens is 458 g/mol. The van der Waals surface area contributed by atoms with Crippen LogP contribution < -0.4 is 0 Å². The predicted octanol–water partition coefficient (Wildman–Crippen LogP) is 3.47. The van der Waals surface area contributed by atoms with E-state index in [1.807, 2.05) is 0 Å². The van der Waals surface area contributed by atoms with Crippen LogP contribution in [0.25, 0.3) is 34.2 Å². The molecule has 2 N–H and O–H groups in total. The first-order chi connectivity index (χ1) is 16.2. The number of nitrogens with zero attached hydrogens (tertiary/aromatic N) is 3. The molecule has 3 aromatic carbocycles. The lowest BCUT2D eigenvalue weighted by Gasteiger charge is -2.11. The molecule has 172 valence electrons. The fraction of sp³-hybridized carbons (Fsp3) is 0.0833. The number of sulfone groups is 1. The number of carbonyl (C=O) groups excluding carboxylic acids is 1. The van der Waals surface area contributed by atoms with E-state index in [2.05, 4.69) is 15.0 Å². The molecule has 0 bridgehead atoms. The molecule has 0 radical (unpaired) electrons. The Morgan fingerprint density at radius 2 is 1.38 bits per heavy atom. The van der Waals surface area contributed by atoms with Gasteiger partial charge >= 0.3 is 5.97 Å². The second-order valence-corrected chi connectivity index (χ2v) is 9.36. The van der Waals surface area contributed by atoms with Crippen LogP contribution in [-0.2, 0) is 14.6 Å². The Labute approximate surface area is 195 Å². The number of carbonyl (C=O) groups is 1. The first kappa shape index (κ1) is 22.9. The molecule has 4 aromatic rings. The van der Waals surface area contributed by atoms with Gasteiger partial charge in [-0.05, 0) is 42.5 Å². The van der Waals surface area contributed by atoms with Gasteiger partial charge in [-0.2, -0.15) is 0 Å². The van der Waals surface area contributed by atoms with Crippen LogP contribution in [0.2, 0.25) is 0 Å². The number of phenols is 2. The van der Waals surface area contributed by atoms with Crippen molar-refractivity contribution >= 4 is 15.8 Å². The Morgan fingerprint density at radius 3 is 2.00 bits per heavy atom. The summed E-state index contributed by atoms with van der Waals surface area (Å²) < 4.78 is 28.8. The molecule has 9 nitrogen and oxygen atoms in total. The molecule has 0 spiro atoms. The van der Waals surface area contributed by atoms with Crippen LogP contribution in [0.1, 0.15) is 10.4 Å².